The van der Waals surface area contributed by atoms with Crippen LogP contribution in [0.25, 0.3) is 0 Å². The standard InChI is InChI=1S/C25H32O6/c1-5-20(27-15-17-9-7-6-8-10-17)21-22(23-24(29-21)31-25(2,3)30-23)28-16-18-11-13-19(26-4)14-12-18/h6-14,20-24H,5,15-16H2,1-4H3/t20-,21-,22+,23?,24-/m1/s1. The van der Waals surface area contributed by atoms with Crippen LogP contribution >= 0.6 is 0 Å². The number of hydrogen-bond donors (Lipinski definition) is 0. The highest BCUT2D eigenvalue weighted by Gasteiger charge is 2.57. The Morgan fingerprint density at radius 1 is 0.935 bits per heavy atom. The summed E-state index contributed by atoms with van der Waals surface area (Å²) in [5.74, 6) is 0.120. The second-order valence-electron chi connectivity index (χ2n) is 8.44. The average molecular weight is 429 g/mol. The van der Waals surface area contributed by atoms with E-state index >= 15 is 0 Å². The Morgan fingerprint density at radius 3 is 2.32 bits per heavy atom. The van der Waals surface area contributed by atoms with Crippen molar-refractivity contribution in [3.05, 3.63) is 65.7 Å². The van der Waals surface area contributed by atoms with E-state index in [9.17, 15) is 0 Å². The molecule has 0 aromatic heterocycles. The molecule has 4 rings (SSSR count). The van der Waals surface area contributed by atoms with Gasteiger partial charge in [0.1, 0.15) is 24.1 Å². The molecule has 0 N–H and O–H groups in total. The molecule has 2 aliphatic heterocycles. The molecular formula is C25H32O6. The highest BCUT2D eigenvalue weighted by Crippen LogP contribution is 2.41. The van der Waals surface area contributed by atoms with Gasteiger partial charge in [0, 0.05) is 0 Å². The summed E-state index contributed by atoms with van der Waals surface area (Å²) >= 11 is 0. The van der Waals surface area contributed by atoms with Crippen molar-refractivity contribution < 1.29 is 28.4 Å². The van der Waals surface area contributed by atoms with Crippen molar-refractivity contribution >= 4 is 0 Å². The third-order valence-electron chi connectivity index (χ3n) is 5.70. The molecule has 0 amide bonds. The van der Waals surface area contributed by atoms with E-state index in [-0.39, 0.29) is 24.4 Å². The second kappa shape index (κ2) is 9.67. The molecule has 31 heavy (non-hydrogen) atoms. The molecule has 2 aromatic rings. The van der Waals surface area contributed by atoms with Crippen molar-refractivity contribution in [2.75, 3.05) is 7.11 Å². The summed E-state index contributed by atoms with van der Waals surface area (Å²) in [6.45, 7) is 6.85. The van der Waals surface area contributed by atoms with Gasteiger partial charge in [0.2, 0.25) is 0 Å². The van der Waals surface area contributed by atoms with Crippen molar-refractivity contribution in [2.45, 2.75) is 76.9 Å². The molecule has 2 fully saturated rings. The molecule has 0 spiro atoms. The van der Waals surface area contributed by atoms with Crippen LogP contribution in [-0.4, -0.2) is 43.6 Å². The van der Waals surface area contributed by atoms with Crippen molar-refractivity contribution in [3.8, 4) is 5.75 Å². The van der Waals surface area contributed by atoms with E-state index in [2.05, 4.69) is 19.1 Å². The first-order valence-electron chi connectivity index (χ1n) is 10.9. The summed E-state index contributed by atoms with van der Waals surface area (Å²) in [6, 6.07) is 18.0. The topological polar surface area (TPSA) is 55.4 Å². The van der Waals surface area contributed by atoms with Crippen LogP contribution in [0.3, 0.4) is 0 Å². The monoisotopic (exact) mass is 428 g/mol. The number of ether oxygens (including phenoxy) is 6. The molecule has 5 atom stereocenters. The Hall–Kier alpha value is -1.96. The highest BCUT2D eigenvalue weighted by molar-refractivity contribution is 5.26. The summed E-state index contributed by atoms with van der Waals surface area (Å²) in [7, 11) is 1.66. The minimum Gasteiger partial charge on any atom is -0.497 e. The van der Waals surface area contributed by atoms with Crippen molar-refractivity contribution in [1.82, 2.24) is 0 Å². The Labute approximate surface area is 184 Å². The molecule has 1 unspecified atom stereocenters. The lowest BCUT2D eigenvalue weighted by Gasteiger charge is -2.30. The molecular weight excluding hydrogens is 396 g/mol. The Balaban J connectivity index is 1.46. The van der Waals surface area contributed by atoms with Gasteiger partial charge in [-0.05, 0) is 43.5 Å². The predicted octanol–water partition coefficient (Wildman–Crippen LogP) is 4.45. The van der Waals surface area contributed by atoms with Crippen LogP contribution < -0.4 is 4.74 Å². The normalized spacial score (nSPS) is 27.7. The molecule has 2 aromatic carbocycles. The van der Waals surface area contributed by atoms with Crippen LogP contribution in [0.5, 0.6) is 5.75 Å². The highest BCUT2D eigenvalue weighted by atomic mass is 16.8. The fourth-order valence-electron chi connectivity index (χ4n) is 4.13. The Morgan fingerprint density at radius 2 is 1.65 bits per heavy atom. The van der Waals surface area contributed by atoms with Gasteiger partial charge in [0.15, 0.2) is 12.1 Å². The maximum atomic E-state index is 6.37. The van der Waals surface area contributed by atoms with Crippen LogP contribution in [-0.2, 0) is 36.9 Å². The zero-order valence-corrected chi connectivity index (χ0v) is 18.7. The van der Waals surface area contributed by atoms with Gasteiger partial charge in [-0.15, -0.1) is 0 Å². The third kappa shape index (κ3) is 5.27. The lowest BCUT2D eigenvalue weighted by Crippen LogP contribution is -2.43. The maximum absolute atomic E-state index is 6.37. The van der Waals surface area contributed by atoms with E-state index in [1.165, 1.54) is 0 Å². The van der Waals surface area contributed by atoms with Gasteiger partial charge in [0.05, 0.1) is 26.4 Å². The zero-order valence-electron chi connectivity index (χ0n) is 18.7. The van der Waals surface area contributed by atoms with Crippen LogP contribution in [0.4, 0.5) is 0 Å². The largest absolute Gasteiger partial charge is 0.497 e. The van der Waals surface area contributed by atoms with Gasteiger partial charge in [-0.2, -0.15) is 0 Å². The fraction of sp³-hybridized carbons (Fsp3) is 0.520. The van der Waals surface area contributed by atoms with Gasteiger partial charge >= 0.3 is 0 Å². The minimum atomic E-state index is -0.700. The summed E-state index contributed by atoms with van der Waals surface area (Å²) in [5.41, 5.74) is 2.18. The first-order valence-corrected chi connectivity index (χ1v) is 10.9. The first kappa shape index (κ1) is 22.2. The Bertz CT molecular complexity index is 822. The molecule has 0 aliphatic carbocycles. The lowest BCUT2D eigenvalue weighted by molar-refractivity contribution is -0.234. The Kier molecular flexibility index (Phi) is 6.94. The van der Waals surface area contributed by atoms with Crippen LogP contribution in [0.2, 0.25) is 0 Å². The van der Waals surface area contributed by atoms with Crippen molar-refractivity contribution in [1.29, 1.82) is 0 Å². The molecule has 0 saturated carbocycles. The van der Waals surface area contributed by atoms with Gasteiger partial charge in [-0.3, -0.25) is 0 Å². The molecule has 2 saturated heterocycles. The summed E-state index contributed by atoms with van der Waals surface area (Å²) in [6.07, 6.45) is -0.680. The number of methoxy groups -OCH3 is 1. The predicted molar refractivity (Wildman–Crippen MR) is 116 cm³/mol. The maximum Gasteiger partial charge on any atom is 0.190 e. The zero-order chi connectivity index (χ0) is 21.8. The molecule has 2 heterocycles. The van der Waals surface area contributed by atoms with Gasteiger partial charge < -0.3 is 28.4 Å². The summed E-state index contributed by atoms with van der Waals surface area (Å²) in [4.78, 5) is 0. The first-order chi connectivity index (χ1) is 15.0. The van der Waals surface area contributed by atoms with Crippen molar-refractivity contribution in [3.63, 3.8) is 0 Å². The van der Waals surface area contributed by atoms with E-state index in [0.29, 0.717) is 13.2 Å². The van der Waals surface area contributed by atoms with E-state index < -0.39 is 12.1 Å². The minimum absolute atomic E-state index is 0.137. The SMILES string of the molecule is CC[C@@H](OCc1ccccc1)[C@H]1O[C@@H]2OC(C)(C)OC2[C@H]1OCc1ccc(OC)cc1. The van der Waals surface area contributed by atoms with Gasteiger partial charge in [0.25, 0.3) is 0 Å². The number of hydrogen-bond acceptors (Lipinski definition) is 6. The molecule has 2 aliphatic rings. The number of rotatable bonds is 9. The lowest BCUT2D eigenvalue weighted by atomic mass is 10.0. The molecule has 6 nitrogen and oxygen atoms in total. The number of fused-ring (bicyclic) bond motifs is 1. The van der Waals surface area contributed by atoms with E-state index in [0.717, 1.165) is 23.3 Å². The second-order valence-corrected chi connectivity index (χ2v) is 8.44. The van der Waals surface area contributed by atoms with Gasteiger partial charge in [-0.1, -0.05) is 49.4 Å². The smallest absolute Gasteiger partial charge is 0.190 e. The third-order valence-corrected chi connectivity index (χ3v) is 5.70. The van der Waals surface area contributed by atoms with E-state index in [4.69, 9.17) is 28.4 Å². The summed E-state index contributed by atoms with van der Waals surface area (Å²) < 4.78 is 36.3. The van der Waals surface area contributed by atoms with Crippen LogP contribution in [0.1, 0.15) is 38.3 Å². The van der Waals surface area contributed by atoms with Crippen LogP contribution in [0, 0.1) is 0 Å². The molecule has 0 radical (unpaired) electrons. The van der Waals surface area contributed by atoms with Gasteiger partial charge in [-0.25, -0.2) is 0 Å². The quantitative estimate of drug-likeness (QED) is 0.588. The average Bonchev–Trinajstić information content (AvgIpc) is 3.25. The van der Waals surface area contributed by atoms with E-state index in [1.54, 1.807) is 7.11 Å². The number of benzene rings is 2. The fourth-order valence-corrected chi connectivity index (χ4v) is 4.13. The molecule has 6 heteroatoms. The van der Waals surface area contributed by atoms with Crippen molar-refractivity contribution in [2.24, 2.45) is 0 Å². The van der Waals surface area contributed by atoms with Crippen LogP contribution in [0.15, 0.2) is 54.6 Å². The molecule has 0 bridgehead atoms. The van der Waals surface area contributed by atoms with E-state index in [1.807, 2.05) is 56.3 Å². The summed E-state index contributed by atoms with van der Waals surface area (Å²) in [5, 5.41) is 0. The molecule has 168 valence electrons.